The SMILES string of the molecule is CN=C(NCCC(=O)N(C)Cc1ccccc1Br)NCc1ccccc1. The Hall–Kier alpha value is -2.34. The Morgan fingerprint density at radius 2 is 1.77 bits per heavy atom. The van der Waals surface area contributed by atoms with Crippen molar-refractivity contribution in [2.75, 3.05) is 20.6 Å². The number of carbonyl (C=O) groups excluding carboxylic acids is 1. The Balaban J connectivity index is 1.73. The van der Waals surface area contributed by atoms with Crippen molar-refractivity contribution in [1.29, 1.82) is 0 Å². The summed E-state index contributed by atoms with van der Waals surface area (Å²) in [7, 11) is 3.55. The van der Waals surface area contributed by atoms with Crippen molar-refractivity contribution in [2.24, 2.45) is 4.99 Å². The average Bonchev–Trinajstić information content (AvgIpc) is 2.67. The second-order valence-electron chi connectivity index (χ2n) is 5.93. The van der Waals surface area contributed by atoms with Crippen molar-refractivity contribution in [3.63, 3.8) is 0 Å². The van der Waals surface area contributed by atoms with E-state index in [9.17, 15) is 4.79 Å². The van der Waals surface area contributed by atoms with Crippen LogP contribution in [0, 0.1) is 0 Å². The first-order valence-electron chi connectivity index (χ1n) is 8.56. The highest BCUT2D eigenvalue weighted by Crippen LogP contribution is 2.17. The lowest BCUT2D eigenvalue weighted by Crippen LogP contribution is -2.39. The molecule has 0 unspecified atom stereocenters. The molecule has 0 aliphatic heterocycles. The van der Waals surface area contributed by atoms with E-state index in [0.29, 0.717) is 32.0 Å². The van der Waals surface area contributed by atoms with Gasteiger partial charge in [-0.1, -0.05) is 64.5 Å². The Bertz CT molecular complexity index is 734. The van der Waals surface area contributed by atoms with Crippen molar-refractivity contribution in [3.8, 4) is 0 Å². The fraction of sp³-hybridized carbons (Fsp3) is 0.300. The number of halogens is 1. The maximum atomic E-state index is 12.3. The highest BCUT2D eigenvalue weighted by molar-refractivity contribution is 9.10. The lowest BCUT2D eigenvalue weighted by atomic mass is 10.2. The second kappa shape index (κ2) is 10.6. The Labute approximate surface area is 163 Å². The molecule has 5 nitrogen and oxygen atoms in total. The molecule has 1 amide bonds. The average molecular weight is 417 g/mol. The van der Waals surface area contributed by atoms with Crippen molar-refractivity contribution in [1.82, 2.24) is 15.5 Å². The van der Waals surface area contributed by atoms with E-state index in [1.807, 2.05) is 49.5 Å². The third-order valence-electron chi connectivity index (χ3n) is 3.95. The number of rotatable bonds is 7. The van der Waals surface area contributed by atoms with Gasteiger partial charge >= 0.3 is 0 Å². The van der Waals surface area contributed by atoms with Gasteiger partial charge in [0.1, 0.15) is 0 Å². The van der Waals surface area contributed by atoms with Crippen LogP contribution in [0.4, 0.5) is 0 Å². The first kappa shape index (κ1) is 20.0. The molecule has 2 aromatic rings. The summed E-state index contributed by atoms with van der Waals surface area (Å²) in [5.41, 5.74) is 2.27. The molecule has 26 heavy (non-hydrogen) atoms. The van der Waals surface area contributed by atoms with E-state index in [-0.39, 0.29) is 5.91 Å². The largest absolute Gasteiger partial charge is 0.356 e. The molecule has 2 N–H and O–H groups in total. The van der Waals surface area contributed by atoms with Crippen molar-refractivity contribution in [3.05, 3.63) is 70.2 Å². The van der Waals surface area contributed by atoms with Crippen LogP contribution in [0.25, 0.3) is 0 Å². The summed E-state index contributed by atoms with van der Waals surface area (Å²) in [6, 6.07) is 18.1. The summed E-state index contributed by atoms with van der Waals surface area (Å²) < 4.78 is 1.02. The summed E-state index contributed by atoms with van der Waals surface area (Å²) in [6.45, 7) is 1.81. The topological polar surface area (TPSA) is 56.7 Å². The summed E-state index contributed by atoms with van der Waals surface area (Å²) in [5.74, 6) is 0.780. The summed E-state index contributed by atoms with van der Waals surface area (Å²) in [5, 5.41) is 6.43. The molecule has 2 aromatic carbocycles. The third-order valence-corrected chi connectivity index (χ3v) is 4.72. The minimum atomic E-state index is 0.0896. The zero-order valence-corrected chi connectivity index (χ0v) is 16.8. The molecule has 0 aliphatic rings. The van der Waals surface area contributed by atoms with Gasteiger partial charge in [-0.25, -0.2) is 0 Å². The minimum absolute atomic E-state index is 0.0896. The van der Waals surface area contributed by atoms with E-state index in [0.717, 1.165) is 10.0 Å². The third kappa shape index (κ3) is 6.52. The van der Waals surface area contributed by atoms with Crippen LogP contribution >= 0.6 is 15.9 Å². The second-order valence-corrected chi connectivity index (χ2v) is 6.78. The van der Waals surface area contributed by atoms with Crippen LogP contribution in [0.15, 0.2) is 64.1 Å². The van der Waals surface area contributed by atoms with E-state index < -0.39 is 0 Å². The van der Waals surface area contributed by atoms with E-state index >= 15 is 0 Å². The monoisotopic (exact) mass is 416 g/mol. The highest BCUT2D eigenvalue weighted by Gasteiger charge is 2.11. The molecule has 0 saturated carbocycles. The number of nitrogens with one attached hydrogen (secondary N) is 2. The van der Waals surface area contributed by atoms with E-state index in [1.165, 1.54) is 5.56 Å². The predicted octanol–water partition coefficient (Wildman–Crippen LogP) is 3.16. The predicted molar refractivity (Wildman–Crippen MR) is 110 cm³/mol. The number of guanidine groups is 1. The molecule has 2 rings (SSSR count). The number of hydrogen-bond acceptors (Lipinski definition) is 2. The first-order chi connectivity index (χ1) is 12.6. The first-order valence-corrected chi connectivity index (χ1v) is 9.35. The Kier molecular flexibility index (Phi) is 8.15. The van der Waals surface area contributed by atoms with E-state index in [4.69, 9.17) is 0 Å². The van der Waals surface area contributed by atoms with Gasteiger partial charge in [-0.05, 0) is 17.2 Å². The molecule has 0 atom stereocenters. The molecule has 0 saturated heterocycles. The van der Waals surface area contributed by atoms with Crippen LogP contribution < -0.4 is 10.6 Å². The van der Waals surface area contributed by atoms with Gasteiger partial charge < -0.3 is 15.5 Å². The fourth-order valence-corrected chi connectivity index (χ4v) is 2.86. The van der Waals surface area contributed by atoms with Crippen LogP contribution in [0.3, 0.4) is 0 Å². The minimum Gasteiger partial charge on any atom is -0.356 e. The molecular formula is C20H25BrN4O. The molecule has 0 aromatic heterocycles. The van der Waals surface area contributed by atoms with Crippen LogP contribution in [0.2, 0.25) is 0 Å². The Morgan fingerprint density at radius 1 is 1.08 bits per heavy atom. The molecule has 6 heteroatoms. The smallest absolute Gasteiger partial charge is 0.224 e. The summed E-state index contributed by atoms with van der Waals surface area (Å²) in [4.78, 5) is 18.2. The molecular weight excluding hydrogens is 392 g/mol. The molecule has 0 bridgehead atoms. The zero-order valence-electron chi connectivity index (χ0n) is 15.2. The Morgan fingerprint density at radius 3 is 2.46 bits per heavy atom. The number of hydrogen-bond donors (Lipinski definition) is 2. The van der Waals surface area contributed by atoms with Gasteiger partial charge in [0, 0.05) is 44.6 Å². The van der Waals surface area contributed by atoms with Gasteiger partial charge in [-0.15, -0.1) is 0 Å². The van der Waals surface area contributed by atoms with Crippen molar-refractivity contribution in [2.45, 2.75) is 19.5 Å². The number of carbonyl (C=O) groups is 1. The standard InChI is InChI=1S/C20H25BrN4O/c1-22-20(24-14-16-8-4-3-5-9-16)23-13-12-19(26)25(2)15-17-10-6-7-11-18(17)21/h3-11H,12-15H2,1-2H3,(H2,22,23,24). The van der Waals surface area contributed by atoms with Gasteiger partial charge in [0.25, 0.3) is 0 Å². The number of amides is 1. The van der Waals surface area contributed by atoms with Crippen LogP contribution in [0.1, 0.15) is 17.5 Å². The number of nitrogens with zero attached hydrogens (tertiary/aromatic N) is 2. The molecule has 0 fully saturated rings. The van der Waals surface area contributed by atoms with Crippen LogP contribution in [0.5, 0.6) is 0 Å². The maximum Gasteiger partial charge on any atom is 0.224 e. The molecule has 138 valence electrons. The van der Waals surface area contributed by atoms with Gasteiger partial charge in [-0.2, -0.15) is 0 Å². The van der Waals surface area contributed by atoms with E-state index in [1.54, 1.807) is 11.9 Å². The van der Waals surface area contributed by atoms with Crippen molar-refractivity contribution >= 4 is 27.8 Å². The summed E-state index contributed by atoms with van der Waals surface area (Å²) >= 11 is 3.52. The van der Waals surface area contributed by atoms with Gasteiger partial charge in [0.15, 0.2) is 5.96 Å². The summed E-state index contributed by atoms with van der Waals surface area (Å²) in [6.07, 6.45) is 0.410. The van der Waals surface area contributed by atoms with Crippen LogP contribution in [-0.2, 0) is 17.9 Å². The van der Waals surface area contributed by atoms with E-state index in [2.05, 4.69) is 43.7 Å². The number of benzene rings is 2. The lowest BCUT2D eigenvalue weighted by Gasteiger charge is -2.19. The highest BCUT2D eigenvalue weighted by atomic mass is 79.9. The quantitative estimate of drug-likeness (QED) is 0.538. The zero-order chi connectivity index (χ0) is 18.8. The van der Waals surface area contributed by atoms with Crippen LogP contribution in [-0.4, -0.2) is 37.4 Å². The molecule has 0 heterocycles. The molecule has 0 radical (unpaired) electrons. The molecule has 0 aliphatic carbocycles. The fourth-order valence-electron chi connectivity index (χ4n) is 2.45. The normalized spacial score (nSPS) is 11.1. The van der Waals surface area contributed by atoms with Crippen molar-refractivity contribution < 1.29 is 4.79 Å². The molecule has 0 spiro atoms. The maximum absolute atomic E-state index is 12.3. The lowest BCUT2D eigenvalue weighted by molar-refractivity contribution is -0.130. The van der Waals surface area contributed by atoms with Gasteiger partial charge in [0.05, 0.1) is 0 Å². The van der Waals surface area contributed by atoms with Gasteiger partial charge in [-0.3, -0.25) is 9.79 Å². The number of aliphatic imine (C=N–C) groups is 1. The van der Waals surface area contributed by atoms with Gasteiger partial charge in [0.2, 0.25) is 5.91 Å².